The molecule has 3 atom stereocenters. The summed E-state index contributed by atoms with van der Waals surface area (Å²) in [5.74, 6) is -0.358. The zero-order valence-electron chi connectivity index (χ0n) is 11.5. The third-order valence-corrected chi connectivity index (χ3v) is 3.32. The van der Waals surface area contributed by atoms with E-state index in [2.05, 4.69) is 0 Å². The molecule has 0 saturated carbocycles. The first-order chi connectivity index (χ1) is 8.52. The van der Waals surface area contributed by atoms with Gasteiger partial charge in [0.15, 0.2) is 0 Å². The minimum Gasteiger partial charge on any atom is -0.465 e. The molecule has 1 aromatic carbocycles. The van der Waals surface area contributed by atoms with Gasteiger partial charge in [-0.05, 0) is 17.5 Å². The van der Waals surface area contributed by atoms with Gasteiger partial charge in [-0.15, -0.1) is 12.4 Å². The molecule has 108 valence electrons. The Labute approximate surface area is 120 Å². The van der Waals surface area contributed by atoms with Crippen molar-refractivity contribution in [3.63, 3.8) is 0 Å². The molecule has 0 saturated heterocycles. The molecule has 19 heavy (non-hydrogen) atoms. The van der Waals surface area contributed by atoms with E-state index in [1.54, 1.807) is 24.3 Å². The lowest BCUT2D eigenvalue weighted by atomic mass is 9.89. The Morgan fingerprint density at radius 1 is 1.42 bits per heavy atom. The number of hydrogen-bond donors (Lipinski definition) is 2. The van der Waals surface area contributed by atoms with Crippen molar-refractivity contribution in [2.24, 2.45) is 11.7 Å². The van der Waals surface area contributed by atoms with Crippen LogP contribution in [-0.4, -0.2) is 24.3 Å². The topological polar surface area (TPSA) is 72.5 Å². The molecular weight excluding hydrogens is 266 g/mol. The summed E-state index contributed by atoms with van der Waals surface area (Å²) in [6.45, 7) is 3.93. The highest BCUT2D eigenvalue weighted by atomic mass is 35.5. The summed E-state index contributed by atoms with van der Waals surface area (Å²) < 4.78 is 4.72. The zero-order valence-corrected chi connectivity index (χ0v) is 12.3. The fourth-order valence-corrected chi connectivity index (χ4v) is 1.86. The van der Waals surface area contributed by atoms with Crippen molar-refractivity contribution >= 4 is 18.4 Å². The van der Waals surface area contributed by atoms with Crippen LogP contribution < -0.4 is 5.73 Å². The Bertz CT molecular complexity index is 411. The van der Waals surface area contributed by atoms with Crippen molar-refractivity contribution in [1.82, 2.24) is 0 Å². The molecule has 1 aromatic rings. The number of rotatable bonds is 5. The third-order valence-electron chi connectivity index (χ3n) is 3.32. The fourth-order valence-electron chi connectivity index (χ4n) is 1.86. The van der Waals surface area contributed by atoms with Crippen molar-refractivity contribution < 1.29 is 14.6 Å². The summed E-state index contributed by atoms with van der Waals surface area (Å²) in [7, 11) is 1.33. The van der Waals surface area contributed by atoms with Crippen LogP contribution >= 0.6 is 12.4 Å². The first kappa shape index (κ1) is 17.9. The summed E-state index contributed by atoms with van der Waals surface area (Å²) in [4.78, 5) is 11.6. The van der Waals surface area contributed by atoms with E-state index in [-0.39, 0.29) is 18.3 Å². The Kier molecular flexibility index (Phi) is 7.68. The molecule has 0 bridgehead atoms. The van der Waals surface area contributed by atoms with E-state index in [0.29, 0.717) is 11.1 Å². The van der Waals surface area contributed by atoms with Crippen LogP contribution in [0.25, 0.3) is 0 Å². The first-order valence-corrected chi connectivity index (χ1v) is 6.13. The van der Waals surface area contributed by atoms with Gasteiger partial charge in [0.1, 0.15) is 0 Å². The monoisotopic (exact) mass is 287 g/mol. The summed E-state index contributed by atoms with van der Waals surface area (Å²) in [5.41, 5.74) is 7.08. The number of methoxy groups -OCH3 is 1. The summed E-state index contributed by atoms with van der Waals surface area (Å²) >= 11 is 0. The molecule has 0 fully saturated rings. The highest BCUT2D eigenvalue weighted by molar-refractivity contribution is 5.91. The molecule has 0 amide bonds. The maximum atomic E-state index is 11.6. The van der Waals surface area contributed by atoms with E-state index in [1.165, 1.54) is 7.11 Å². The van der Waals surface area contributed by atoms with Crippen LogP contribution in [0.1, 0.15) is 42.2 Å². The van der Waals surface area contributed by atoms with Crippen LogP contribution in [-0.2, 0) is 4.74 Å². The molecule has 1 rings (SSSR count). The third kappa shape index (κ3) is 4.20. The number of ether oxygens (including phenoxy) is 1. The van der Waals surface area contributed by atoms with Crippen LogP contribution in [0.4, 0.5) is 0 Å². The second kappa shape index (κ2) is 8.15. The van der Waals surface area contributed by atoms with E-state index >= 15 is 0 Å². The summed E-state index contributed by atoms with van der Waals surface area (Å²) in [6, 6.07) is 6.37. The maximum Gasteiger partial charge on any atom is 0.338 e. The standard InChI is InChI=1S/C14H21NO3.ClH/c1-4-9(2)13(16)12(15)10-7-5-6-8-11(10)14(17)18-3;/h5-9,12-13,16H,4,15H2,1-3H3;1H/t9?,12-,13+;/m0./s1. The molecule has 0 spiro atoms. The zero-order chi connectivity index (χ0) is 13.7. The van der Waals surface area contributed by atoms with Crippen molar-refractivity contribution in [3.8, 4) is 0 Å². The van der Waals surface area contributed by atoms with Gasteiger partial charge in [0.25, 0.3) is 0 Å². The van der Waals surface area contributed by atoms with E-state index in [9.17, 15) is 9.90 Å². The lowest BCUT2D eigenvalue weighted by Gasteiger charge is -2.25. The number of aliphatic hydroxyl groups excluding tert-OH is 1. The van der Waals surface area contributed by atoms with Crippen molar-refractivity contribution in [3.05, 3.63) is 35.4 Å². The molecular formula is C14H22ClNO3. The SMILES string of the molecule is CCC(C)[C@@H](O)[C@@H](N)c1ccccc1C(=O)OC.Cl. The lowest BCUT2D eigenvalue weighted by Crippen LogP contribution is -2.32. The number of benzene rings is 1. The van der Waals surface area contributed by atoms with E-state index in [4.69, 9.17) is 10.5 Å². The summed E-state index contributed by atoms with van der Waals surface area (Å²) in [5, 5.41) is 10.1. The second-order valence-corrected chi connectivity index (χ2v) is 4.48. The highest BCUT2D eigenvalue weighted by Crippen LogP contribution is 2.24. The van der Waals surface area contributed by atoms with Crippen LogP contribution in [0.2, 0.25) is 0 Å². The predicted octanol–water partition coefficient (Wildman–Crippen LogP) is 2.30. The Balaban J connectivity index is 0.00000324. The van der Waals surface area contributed by atoms with Crippen molar-refractivity contribution in [2.45, 2.75) is 32.4 Å². The largest absolute Gasteiger partial charge is 0.465 e. The number of carbonyl (C=O) groups excluding carboxylic acids is 1. The molecule has 5 heteroatoms. The molecule has 1 unspecified atom stereocenters. The minimum atomic E-state index is -0.680. The molecule has 0 aromatic heterocycles. The summed E-state index contributed by atoms with van der Waals surface area (Å²) in [6.07, 6.45) is 0.149. The van der Waals surface area contributed by atoms with E-state index < -0.39 is 18.1 Å². The minimum absolute atomic E-state index is 0. The lowest BCUT2D eigenvalue weighted by molar-refractivity contribution is 0.0592. The molecule has 3 N–H and O–H groups in total. The average molecular weight is 288 g/mol. The highest BCUT2D eigenvalue weighted by Gasteiger charge is 2.25. The Morgan fingerprint density at radius 3 is 2.53 bits per heavy atom. The maximum absolute atomic E-state index is 11.6. The van der Waals surface area contributed by atoms with Crippen LogP contribution in [0, 0.1) is 5.92 Å². The van der Waals surface area contributed by atoms with Gasteiger partial charge in [0, 0.05) is 0 Å². The quantitative estimate of drug-likeness (QED) is 0.815. The first-order valence-electron chi connectivity index (χ1n) is 6.13. The Morgan fingerprint density at radius 2 is 2.00 bits per heavy atom. The second-order valence-electron chi connectivity index (χ2n) is 4.48. The van der Waals surface area contributed by atoms with Crippen LogP contribution in [0.3, 0.4) is 0 Å². The number of carbonyl (C=O) groups is 1. The molecule has 0 aliphatic heterocycles. The smallest absolute Gasteiger partial charge is 0.338 e. The number of esters is 1. The number of hydrogen-bond acceptors (Lipinski definition) is 4. The number of nitrogens with two attached hydrogens (primary N) is 1. The van der Waals surface area contributed by atoms with Gasteiger partial charge in [0.2, 0.25) is 0 Å². The fraction of sp³-hybridized carbons (Fsp3) is 0.500. The van der Waals surface area contributed by atoms with E-state index in [1.807, 2.05) is 13.8 Å². The van der Waals surface area contributed by atoms with Gasteiger partial charge in [-0.3, -0.25) is 0 Å². The van der Waals surface area contributed by atoms with Gasteiger partial charge in [-0.2, -0.15) is 0 Å². The molecule has 0 radical (unpaired) electrons. The molecule has 4 nitrogen and oxygen atoms in total. The molecule has 0 aliphatic rings. The van der Waals surface area contributed by atoms with Crippen molar-refractivity contribution in [1.29, 1.82) is 0 Å². The van der Waals surface area contributed by atoms with Gasteiger partial charge < -0.3 is 15.6 Å². The Hall–Kier alpha value is -1.10. The van der Waals surface area contributed by atoms with Gasteiger partial charge in [-0.25, -0.2) is 4.79 Å². The van der Waals surface area contributed by atoms with Gasteiger partial charge in [-0.1, -0.05) is 38.5 Å². The van der Waals surface area contributed by atoms with Gasteiger partial charge >= 0.3 is 5.97 Å². The predicted molar refractivity (Wildman–Crippen MR) is 77.4 cm³/mol. The van der Waals surface area contributed by atoms with Crippen LogP contribution in [0.5, 0.6) is 0 Å². The van der Waals surface area contributed by atoms with Gasteiger partial charge in [0.05, 0.1) is 24.8 Å². The van der Waals surface area contributed by atoms with Crippen LogP contribution in [0.15, 0.2) is 24.3 Å². The number of halogens is 1. The molecule has 0 heterocycles. The van der Waals surface area contributed by atoms with E-state index in [0.717, 1.165) is 6.42 Å². The average Bonchev–Trinajstić information content (AvgIpc) is 2.43. The molecule has 0 aliphatic carbocycles. The normalized spacial score (nSPS) is 15.0. The number of aliphatic hydroxyl groups is 1. The van der Waals surface area contributed by atoms with Crippen molar-refractivity contribution in [2.75, 3.05) is 7.11 Å².